The summed E-state index contributed by atoms with van der Waals surface area (Å²) in [5, 5.41) is 0.161. The number of aliphatic imine (C=N–C) groups is 1. The van der Waals surface area contributed by atoms with Gasteiger partial charge in [-0.25, -0.2) is 4.39 Å². The zero-order chi connectivity index (χ0) is 20.4. The Morgan fingerprint density at radius 1 is 0.967 bits per heavy atom. The zero-order valence-corrected chi connectivity index (χ0v) is 16.1. The van der Waals surface area contributed by atoms with E-state index in [4.69, 9.17) is 0 Å². The molecule has 1 aliphatic rings. The number of Topliss-reactive ketones (excluding diaryl/α,β-unsaturated/α-hetero) is 1. The molecule has 0 saturated carbocycles. The summed E-state index contributed by atoms with van der Waals surface area (Å²) in [6.07, 6.45) is 1.40. The van der Waals surface area contributed by atoms with Crippen molar-refractivity contribution in [1.29, 1.82) is 0 Å². The van der Waals surface area contributed by atoms with Crippen LogP contribution in [0.2, 0.25) is 0 Å². The van der Waals surface area contributed by atoms with E-state index in [1.54, 1.807) is 19.2 Å². The highest BCUT2D eigenvalue weighted by molar-refractivity contribution is 6.44. The summed E-state index contributed by atoms with van der Waals surface area (Å²) in [5.41, 5.74) is 1.59. The van der Waals surface area contributed by atoms with E-state index in [9.17, 15) is 14.0 Å². The fourth-order valence-electron chi connectivity index (χ4n) is 3.74. The van der Waals surface area contributed by atoms with Crippen LogP contribution in [0.5, 0.6) is 0 Å². The molecule has 3 aromatic rings. The number of hydrogen-bond acceptors (Lipinski definition) is 3. The number of rotatable bonds is 3. The van der Waals surface area contributed by atoms with E-state index in [1.807, 2.05) is 30.3 Å². The van der Waals surface area contributed by atoms with Crippen LogP contribution >= 0.6 is 0 Å². The molecule has 1 saturated heterocycles. The Hall–Kier alpha value is -3.48. The fourth-order valence-corrected chi connectivity index (χ4v) is 3.74. The molecule has 1 N–H and O–H groups in total. The molecule has 2 aromatic carbocycles. The third-order valence-electron chi connectivity index (χ3n) is 5.20. The Kier molecular flexibility index (Phi) is 6.30. The van der Waals surface area contributed by atoms with Crippen molar-refractivity contribution in [2.75, 3.05) is 33.2 Å². The number of carbonyl (C=O) groups is 2. The van der Waals surface area contributed by atoms with Gasteiger partial charge in [0.15, 0.2) is 0 Å². The molecule has 1 aromatic heterocycles. The van der Waals surface area contributed by atoms with E-state index in [0.29, 0.717) is 31.7 Å². The molecule has 156 valence electrons. The average molecular weight is 408 g/mol. The van der Waals surface area contributed by atoms with Crippen molar-refractivity contribution < 1.29 is 14.0 Å². The number of halogens is 1. The van der Waals surface area contributed by atoms with Gasteiger partial charge in [-0.1, -0.05) is 43.8 Å². The topological polar surface area (TPSA) is 68.8 Å². The Balaban J connectivity index is 0.00000256. The summed E-state index contributed by atoms with van der Waals surface area (Å²) >= 11 is 0. The highest BCUT2D eigenvalue weighted by Gasteiger charge is 2.30. The number of piperazine rings is 1. The first-order valence-electron chi connectivity index (χ1n) is 9.46. The monoisotopic (exact) mass is 408 g/mol. The number of fused-ring (bicyclic) bond motifs is 1. The number of ketones is 1. The SMILES string of the molecule is C.CN=C(c1ccccc1)N1CCN(C(=O)C(=O)c2c[nH]c3cccc(F)c23)CC1. The summed E-state index contributed by atoms with van der Waals surface area (Å²) < 4.78 is 14.2. The predicted octanol–water partition coefficient (Wildman–Crippen LogP) is 3.35. The van der Waals surface area contributed by atoms with Gasteiger partial charge in [-0.3, -0.25) is 14.6 Å². The Bertz CT molecular complexity index is 1080. The van der Waals surface area contributed by atoms with Crippen LogP contribution in [-0.2, 0) is 4.79 Å². The van der Waals surface area contributed by atoms with E-state index in [-0.39, 0.29) is 18.4 Å². The standard InChI is InChI=1S/C22H21FN4O2.CH4/c1-24-21(15-6-3-2-4-7-15)26-10-12-27(13-11-26)22(29)20(28)16-14-25-18-9-5-8-17(23)19(16)18;/h2-9,14,25H,10-13H2,1H3;1H4. The highest BCUT2D eigenvalue weighted by atomic mass is 19.1. The van der Waals surface area contributed by atoms with E-state index in [2.05, 4.69) is 14.9 Å². The first-order chi connectivity index (χ1) is 14.1. The lowest BCUT2D eigenvalue weighted by molar-refractivity contribution is -0.127. The molecule has 0 bridgehead atoms. The average Bonchev–Trinajstić information content (AvgIpc) is 3.20. The number of benzene rings is 2. The van der Waals surface area contributed by atoms with E-state index < -0.39 is 17.5 Å². The van der Waals surface area contributed by atoms with Gasteiger partial charge < -0.3 is 14.8 Å². The van der Waals surface area contributed by atoms with Gasteiger partial charge in [0.1, 0.15) is 11.7 Å². The number of H-pyrrole nitrogens is 1. The van der Waals surface area contributed by atoms with Gasteiger partial charge in [0.2, 0.25) is 0 Å². The molecule has 0 atom stereocenters. The second-order valence-electron chi connectivity index (χ2n) is 6.89. The van der Waals surface area contributed by atoms with Gasteiger partial charge in [-0.05, 0) is 12.1 Å². The largest absolute Gasteiger partial charge is 0.360 e. The number of amidine groups is 1. The molecule has 7 heteroatoms. The van der Waals surface area contributed by atoms with Crippen LogP contribution in [0.25, 0.3) is 10.9 Å². The molecule has 30 heavy (non-hydrogen) atoms. The lowest BCUT2D eigenvalue weighted by Crippen LogP contribution is -2.52. The molecule has 0 aliphatic carbocycles. The fraction of sp³-hybridized carbons (Fsp3) is 0.261. The van der Waals surface area contributed by atoms with Gasteiger partial charge in [0.25, 0.3) is 11.7 Å². The summed E-state index contributed by atoms with van der Waals surface area (Å²) in [4.78, 5) is 36.4. The number of nitrogens with one attached hydrogen (secondary N) is 1. The number of amides is 1. The van der Waals surface area contributed by atoms with E-state index in [1.165, 1.54) is 17.2 Å². The zero-order valence-electron chi connectivity index (χ0n) is 16.1. The third kappa shape index (κ3) is 3.83. The van der Waals surface area contributed by atoms with Crippen LogP contribution in [-0.4, -0.2) is 65.5 Å². The number of aromatic amines is 1. The smallest absolute Gasteiger partial charge is 0.295 e. The van der Waals surface area contributed by atoms with Crippen molar-refractivity contribution in [2.45, 2.75) is 7.43 Å². The third-order valence-corrected chi connectivity index (χ3v) is 5.20. The molecule has 6 nitrogen and oxygen atoms in total. The van der Waals surface area contributed by atoms with Gasteiger partial charge >= 0.3 is 0 Å². The van der Waals surface area contributed by atoms with Gasteiger partial charge in [0.05, 0.1) is 5.56 Å². The molecule has 1 amide bonds. The molecular formula is C23H25FN4O2. The minimum Gasteiger partial charge on any atom is -0.360 e. The molecule has 0 unspecified atom stereocenters. The normalized spacial score (nSPS) is 14.5. The van der Waals surface area contributed by atoms with Crippen molar-refractivity contribution in [3.8, 4) is 0 Å². The van der Waals surface area contributed by atoms with Crippen LogP contribution in [0.3, 0.4) is 0 Å². The van der Waals surface area contributed by atoms with Crippen molar-refractivity contribution in [3.63, 3.8) is 0 Å². The molecular weight excluding hydrogens is 383 g/mol. The van der Waals surface area contributed by atoms with Gasteiger partial charge in [-0.2, -0.15) is 0 Å². The van der Waals surface area contributed by atoms with Crippen LogP contribution in [0.4, 0.5) is 4.39 Å². The van der Waals surface area contributed by atoms with E-state index >= 15 is 0 Å². The summed E-state index contributed by atoms with van der Waals surface area (Å²) in [7, 11) is 1.74. The van der Waals surface area contributed by atoms with Crippen molar-refractivity contribution in [2.24, 2.45) is 4.99 Å². The van der Waals surface area contributed by atoms with Gasteiger partial charge in [0, 0.05) is 55.9 Å². The van der Waals surface area contributed by atoms with Crippen LogP contribution in [0.15, 0.2) is 59.7 Å². The molecule has 1 fully saturated rings. The second kappa shape index (κ2) is 8.90. The number of hydrogen-bond donors (Lipinski definition) is 1. The molecule has 0 spiro atoms. The van der Waals surface area contributed by atoms with Crippen LogP contribution in [0, 0.1) is 5.82 Å². The molecule has 0 radical (unpaired) electrons. The highest BCUT2D eigenvalue weighted by Crippen LogP contribution is 2.22. The Labute approximate surface area is 175 Å². The second-order valence-corrected chi connectivity index (χ2v) is 6.89. The molecule has 2 heterocycles. The van der Waals surface area contributed by atoms with Crippen molar-refractivity contribution in [1.82, 2.24) is 14.8 Å². The lowest BCUT2D eigenvalue weighted by Gasteiger charge is -2.36. The number of aromatic nitrogens is 1. The van der Waals surface area contributed by atoms with Crippen LogP contribution in [0.1, 0.15) is 23.3 Å². The van der Waals surface area contributed by atoms with Crippen molar-refractivity contribution in [3.05, 3.63) is 71.7 Å². The molecule has 4 rings (SSSR count). The van der Waals surface area contributed by atoms with Crippen molar-refractivity contribution >= 4 is 28.4 Å². The maximum atomic E-state index is 14.2. The Morgan fingerprint density at radius 3 is 2.30 bits per heavy atom. The minimum absolute atomic E-state index is 0. The minimum atomic E-state index is -0.692. The molecule has 1 aliphatic heterocycles. The predicted molar refractivity (Wildman–Crippen MR) is 116 cm³/mol. The lowest BCUT2D eigenvalue weighted by atomic mass is 10.1. The summed E-state index contributed by atoms with van der Waals surface area (Å²) in [6, 6.07) is 14.4. The van der Waals surface area contributed by atoms with E-state index in [0.717, 1.165) is 11.4 Å². The number of carbonyl (C=O) groups excluding carboxylic acids is 2. The number of nitrogens with zero attached hydrogens (tertiary/aromatic N) is 3. The quantitative estimate of drug-likeness (QED) is 0.313. The van der Waals surface area contributed by atoms with Crippen LogP contribution < -0.4 is 0 Å². The summed E-state index contributed by atoms with van der Waals surface area (Å²) in [5.74, 6) is -0.954. The van der Waals surface area contributed by atoms with Gasteiger partial charge in [-0.15, -0.1) is 0 Å². The first kappa shape index (κ1) is 21.2. The maximum absolute atomic E-state index is 14.2. The first-order valence-corrected chi connectivity index (χ1v) is 9.46. The summed E-state index contributed by atoms with van der Waals surface area (Å²) in [6.45, 7) is 1.95. The Morgan fingerprint density at radius 2 is 1.63 bits per heavy atom. The maximum Gasteiger partial charge on any atom is 0.295 e.